The maximum atomic E-state index is 12.9. The summed E-state index contributed by atoms with van der Waals surface area (Å²) in [7, 11) is 0.680. The lowest BCUT2D eigenvalue weighted by Gasteiger charge is -2.32. The van der Waals surface area contributed by atoms with Crippen LogP contribution in [0.2, 0.25) is 5.02 Å². The zero-order valence-electron chi connectivity index (χ0n) is 21.6. The third kappa shape index (κ3) is 5.86. The Morgan fingerprint density at radius 1 is 1.11 bits per heavy atom. The number of nitrogens with zero attached hydrogens (tertiary/aromatic N) is 2. The standard InChI is InChI=1S/C28H36ClN5O2S/c1-28(14-6-3-7-15-28)26(35)30-18-19-10-12-22(29)23(16-19)31-27-32-24-17-21(11-13-25(24)34(27)2)37(36)33-20-8-4-5-9-20/h10-13,16-17,20,33H,3-9,14-15,18H2,1-2H3,(H,30,35)(H,31,32). The minimum atomic E-state index is -1.26. The van der Waals surface area contributed by atoms with Gasteiger partial charge < -0.3 is 15.2 Å². The molecule has 2 aliphatic carbocycles. The van der Waals surface area contributed by atoms with E-state index in [0.29, 0.717) is 23.6 Å². The van der Waals surface area contributed by atoms with Gasteiger partial charge in [0.15, 0.2) is 0 Å². The molecule has 2 fully saturated rings. The number of hydrogen-bond donors (Lipinski definition) is 3. The predicted octanol–water partition coefficient (Wildman–Crippen LogP) is 6.11. The summed E-state index contributed by atoms with van der Waals surface area (Å²) < 4.78 is 18.1. The third-order valence-electron chi connectivity index (χ3n) is 7.93. The Balaban J connectivity index is 1.29. The van der Waals surface area contributed by atoms with E-state index in [1.54, 1.807) is 0 Å². The topological polar surface area (TPSA) is 88.1 Å². The average molecular weight is 542 g/mol. The minimum Gasteiger partial charge on any atom is -0.352 e. The number of imidazole rings is 1. The van der Waals surface area contributed by atoms with Crippen LogP contribution in [0.4, 0.5) is 11.6 Å². The molecule has 5 rings (SSSR count). The first-order chi connectivity index (χ1) is 17.8. The van der Waals surface area contributed by atoms with E-state index < -0.39 is 11.0 Å². The molecule has 1 aromatic heterocycles. The number of aryl methyl sites for hydroxylation is 1. The first-order valence-corrected chi connectivity index (χ1v) is 14.8. The van der Waals surface area contributed by atoms with Gasteiger partial charge in [-0.15, -0.1) is 0 Å². The van der Waals surface area contributed by atoms with Crippen LogP contribution in [-0.2, 0) is 29.4 Å². The summed E-state index contributed by atoms with van der Waals surface area (Å²) in [6, 6.07) is 11.8. The smallest absolute Gasteiger partial charge is 0.226 e. The number of aromatic nitrogens is 2. The van der Waals surface area contributed by atoms with Crippen molar-refractivity contribution in [2.45, 2.75) is 82.2 Å². The molecule has 1 amide bonds. The molecule has 0 aliphatic heterocycles. The molecule has 2 aromatic carbocycles. The molecule has 198 valence electrons. The zero-order valence-corrected chi connectivity index (χ0v) is 23.2. The van der Waals surface area contributed by atoms with Gasteiger partial charge in [0.25, 0.3) is 0 Å². The highest BCUT2D eigenvalue weighted by Crippen LogP contribution is 2.36. The number of amides is 1. The van der Waals surface area contributed by atoms with Crippen LogP contribution in [0.3, 0.4) is 0 Å². The van der Waals surface area contributed by atoms with Crippen LogP contribution in [0.1, 0.15) is 70.3 Å². The third-order valence-corrected chi connectivity index (χ3v) is 9.49. The van der Waals surface area contributed by atoms with Gasteiger partial charge >= 0.3 is 0 Å². The van der Waals surface area contributed by atoms with Crippen LogP contribution < -0.4 is 15.4 Å². The number of nitrogens with one attached hydrogen (secondary N) is 3. The van der Waals surface area contributed by atoms with Gasteiger partial charge in [0.05, 0.1) is 26.6 Å². The van der Waals surface area contributed by atoms with Crippen LogP contribution >= 0.6 is 11.6 Å². The van der Waals surface area contributed by atoms with E-state index in [4.69, 9.17) is 16.6 Å². The lowest BCUT2D eigenvalue weighted by Crippen LogP contribution is -2.39. The Kier molecular flexibility index (Phi) is 7.88. The highest BCUT2D eigenvalue weighted by atomic mass is 35.5. The summed E-state index contributed by atoms with van der Waals surface area (Å²) in [5.74, 6) is 0.766. The molecule has 0 radical (unpaired) electrons. The second kappa shape index (κ2) is 11.1. The lowest BCUT2D eigenvalue weighted by molar-refractivity contribution is -0.132. The van der Waals surface area contributed by atoms with Gasteiger partial charge in [-0.05, 0) is 61.6 Å². The van der Waals surface area contributed by atoms with Crippen molar-refractivity contribution in [3.05, 3.63) is 47.0 Å². The first-order valence-electron chi connectivity index (χ1n) is 13.3. The number of carbonyl (C=O) groups is 1. The van der Waals surface area contributed by atoms with Crippen LogP contribution in [-0.4, -0.2) is 25.7 Å². The highest BCUT2D eigenvalue weighted by Gasteiger charge is 2.34. The maximum Gasteiger partial charge on any atom is 0.226 e. The van der Waals surface area contributed by atoms with E-state index in [0.717, 1.165) is 65.7 Å². The van der Waals surface area contributed by atoms with Crippen LogP contribution in [0.5, 0.6) is 0 Å². The van der Waals surface area contributed by atoms with Crippen molar-refractivity contribution < 1.29 is 9.00 Å². The van der Waals surface area contributed by atoms with Crippen molar-refractivity contribution in [2.24, 2.45) is 12.5 Å². The number of fused-ring (bicyclic) bond motifs is 1. The number of hydrogen-bond acceptors (Lipinski definition) is 4. The molecule has 1 heterocycles. The molecule has 1 unspecified atom stereocenters. The summed E-state index contributed by atoms with van der Waals surface area (Å²) in [6.07, 6.45) is 9.89. The fourth-order valence-corrected chi connectivity index (χ4v) is 6.77. The fourth-order valence-electron chi connectivity index (χ4n) is 5.52. The SMILES string of the molecule is Cn1c(Nc2cc(CNC(=O)C3(C)CCCCC3)ccc2Cl)nc2cc(S(=O)NC3CCCC3)ccc21. The van der Waals surface area contributed by atoms with E-state index in [9.17, 15) is 9.00 Å². The summed E-state index contributed by atoms with van der Waals surface area (Å²) >= 11 is 6.52. The van der Waals surface area contributed by atoms with Crippen molar-refractivity contribution in [2.75, 3.05) is 5.32 Å². The second-order valence-electron chi connectivity index (χ2n) is 10.8. The Morgan fingerprint density at radius 2 is 1.86 bits per heavy atom. The van der Waals surface area contributed by atoms with E-state index in [1.807, 2.05) is 48.0 Å². The molecule has 2 saturated carbocycles. The Labute approximate surface area is 226 Å². The Morgan fingerprint density at radius 3 is 2.62 bits per heavy atom. The monoisotopic (exact) mass is 541 g/mol. The lowest BCUT2D eigenvalue weighted by atomic mass is 9.75. The second-order valence-corrected chi connectivity index (χ2v) is 12.4. The van der Waals surface area contributed by atoms with Gasteiger partial charge in [-0.25, -0.2) is 13.9 Å². The van der Waals surface area contributed by atoms with Crippen molar-refractivity contribution in [1.29, 1.82) is 0 Å². The van der Waals surface area contributed by atoms with Gasteiger partial charge in [-0.1, -0.05) is 56.7 Å². The number of carbonyl (C=O) groups excluding carboxylic acids is 1. The van der Waals surface area contributed by atoms with E-state index in [-0.39, 0.29) is 11.3 Å². The molecule has 37 heavy (non-hydrogen) atoms. The number of anilines is 2. The molecule has 9 heteroatoms. The van der Waals surface area contributed by atoms with Gasteiger partial charge in [0.2, 0.25) is 11.9 Å². The zero-order chi connectivity index (χ0) is 26.0. The molecular formula is C28H36ClN5O2S. The van der Waals surface area contributed by atoms with E-state index in [1.165, 1.54) is 19.3 Å². The Bertz CT molecular complexity index is 1310. The van der Waals surface area contributed by atoms with E-state index >= 15 is 0 Å². The van der Waals surface area contributed by atoms with Gasteiger partial charge in [0, 0.05) is 25.0 Å². The molecular weight excluding hydrogens is 506 g/mol. The average Bonchev–Trinajstić information content (AvgIpc) is 3.52. The van der Waals surface area contributed by atoms with Gasteiger partial charge in [0.1, 0.15) is 11.0 Å². The molecule has 0 saturated heterocycles. The van der Waals surface area contributed by atoms with Crippen LogP contribution in [0.15, 0.2) is 41.3 Å². The molecule has 0 bridgehead atoms. The molecule has 7 nitrogen and oxygen atoms in total. The first kappa shape index (κ1) is 26.2. The van der Waals surface area contributed by atoms with Crippen LogP contribution in [0, 0.1) is 5.41 Å². The fraction of sp³-hybridized carbons (Fsp3) is 0.500. The number of benzene rings is 2. The largest absolute Gasteiger partial charge is 0.352 e. The number of rotatable bonds is 8. The summed E-state index contributed by atoms with van der Waals surface area (Å²) in [5, 5.41) is 7.05. The highest BCUT2D eigenvalue weighted by molar-refractivity contribution is 7.83. The summed E-state index contributed by atoms with van der Waals surface area (Å²) in [5.41, 5.74) is 3.12. The molecule has 2 aliphatic rings. The van der Waals surface area contributed by atoms with E-state index in [2.05, 4.69) is 22.3 Å². The van der Waals surface area contributed by atoms with Gasteiger partial charge in [-0.2, -0.15) is 0 Å². The predicted molar refractivity (Wildman–Crippen MR) is 150 cm³/mol. The van der Waals surface area contributed by atoms with Crippen molar-refractivity contribution in [3.63, 3.8) is 0 Å². The van der Waals surface area contributed by atoms with Crippen LogP contribution in [0.25, 0.3) is 11.0 Å². The van der Waals surface area contributed by atoms with Crippen molar-refractivity contribution in [3.8, 4) is 0 Å². The summed E-state index contributed by atoms with van der Waals surface area (Å²) in [4.78, 5) is 18.3. The quantitative estimate of drug-likeness (QED) is 0.321. The molecule has 1 atom stereocenters. The minimum absolute atomic E-state index is 0.127. The Hall–Kier alpha value is -2.42. The molecule has 3 aromatic rings. The van der Waals surface area contributed by atoms with Crippen molar-refractivity contribution in [1.82, 2.24) is 19.6 Å². The van der Waals surface area contributed by atoms with Crippen molar-refractivity contribution >= 4 is 51.2 Å². The maximum absolute atomic E-state index is 12.9. The van der Waals surface area contributed by atoms with Gasteiger partial charge in [-0.3, -0.25) is 4.79 Å². The summed E-state index contributed by atoms with van der Waals surface area (Å²) in [6.45, 7) is 2.53. The normalized spacial score (nSPS) is 18.7. The molecule has 3 N–H and O–H groups in total. The number of halogens is 1. The molecule has 0 spiro atoms.